The van der Waals surface area contributed by atoms with Crippen molar-refractivity contribution in [3.63, 3.8) is 0 Å². The highest BCUT2D eigenvalue weighted by Gasteiger charge is 2.22. The maximum atomic E-state index is 13.0. The topological polar surface area (TPSA) is 58.0 Å². The zero-order valence-corrected chi connectivity index (χ0v) is 13.6. The molecule has 0 aliphatic heterocycles. The van der Waals surface area contributed by atoms with Gasteiger partial charge in [0.05, 0.1) is 11.1 Å². The van der Waals surface area contributed by atoms with Crippen molar-refractivity contribution < 1.29 is 5.11 Å². The number of hydrogen-bond acceptors (Lipinski definition) is 4. The van der Waals surface area contributed by atoms with Crippen LogP contribution in [0.15, 0.2) is 23.0 Å². The monoisotopic (exact) mass is 330 g/mol. The second-order valence-corrected chi connectivity index (χ2v) is 7.12. The lowest BCUT2D eigenvalue weighted by molar-refractivity contribution is 0.471. The smallest absolute Gasteiger partial charge is 0.268 e. The van der Waals surface area contributed by atoms with Crippen molar-refractivity contribution in [1.29, 1.82) is 0 Å². The predicted octanol–water partition coefficient (Wildman–Crippen LogP) is 3.61. The Morgan fingerprint density at radius 1 is 1.36 bits per heavy atom. The van der Waals surface area contributed by atoms with Crippen LogP contribution in [-0.4, -0.2) is 14.7 Å². The molecular weight excluding hydrogens is 316 g/mol. The standard InChI is InChI=1S/C16H14N2O2S2/c1-8-5-6-11(19)10(7-8)18-15(20)13-9-3-2-4-12(9)22-14(13)17-16(18)21/h5-7,19H,2-4H2,1H3,(H,17,21). The second kappa shape index (κ2) is 4.79. The zero-order valence-electron chi connectivity index (χ0n) is 12.0. The minimum absolute atomic E-state index is 0.0541. The number of aromatic amines is 1. The van der Waals surface area contributed by atoms with Gasteiger partial charge in [0.15, 0.2) is 4.77 Å². The Morgan fingerprint density at radius 2 is 2.18 bits per heavy atom. The summed E-state index contributed by atoms with van der Waals surface area (Å²) in [7, 11) is 0. The van der Waals surface area contributed by atoms with Crippen LogP contribution in [0.4, 0.5) is 0 Å². The minimum Gasteiger partial charge on any atom is -0.506 e. The fraction of sp³-hybridized carbons (Fsp3) is 0.250. The molecular formula is C16H14N2O2S2. The molecule has 4 nitrogen and oxygen atoms in total. The average Bonchev–Trinajstić information content (AvgIpc) is 3.02. The summed E-state index contributed by atoms with van der Waals surface area (Å²) in [6, 6.07) is 5.17. The number of rotatable bonds is 1. The number of nitrogens with zero attached hydrogens (tertiary/aromatic N) is 1. The molecule has 0 saturated carbocycles. The number of phenolic OH excluding ortho intramolecular Hbond substituents is 1. The van der Waals surface area contributed by atoms with Crippen molar-refractivity contribution in [3.8, 4) is 11.4 Å². The van der Waals surface area contributed by atoms with Crippen molar-refractivity contribution in [2.24, 2.45) is 0 Å². The first-order chi connectivity index (χ1) is 10.6. The molecule has 1 aliphatic carbocycles. The largest absolute Gasteiger partial charge is 0.506 e. The molecule has 112 valence electrons. The molecule has 0 spiro atoms. The maximum Gasteiger partial charge on any atom is 0.268 e. The summed E-state index contributed by atoms with van der Waals surface area (Å²) in [4.78, 5) is 18.3. The van der Waals surface area contributed by atoms with E-state index in [0.29, 0.717) is 10.5 Å². The van der Waals surface area contributed by atoms with Crippen LogP contribution in [0, 0.1) is 11.7 Å². The van der Waals surface area contributed by atoms with E-state index in [2.05, 4.69) is 4.98 Å². The van der Waals surface area contributed by atoms with Gasteiger partial charge in [-0.05, 0) is 61.7 Å². The number of hydrogen-bond donors (Lipinski definition) is 2. The highest BCUT2D eigenvalue weighted by atomic mass is 32.1. The molecule has 1 aliphatic rings. The summed E-state index contributed by atoms with van der Waals surface area (Å²) >= 11 is 6.99. The lowest BCUT2D eigenvalue weighted by Gasteiger charge is -2.10. The number of thiophene rings is 1. The number of H-pyrrole nitrogens is 1. The Bertz CT molecular complexity index is 1030. The first-order valence-electron chi connectivity index (χ1n) is 7.16. The van der Waals surface area contributed by atoms with Gasteiger partial charge in [-0.15, -0.1) is 11.3 Å². The molecule has 1 aromatic carbocycles. The quantitative estimate of drug-likeness (QED) is 0.670. The highest BCUT2D eigenvalue weighted by molar-refractivity contribution is 7.71. The van der Waals surface area contributed by atoms with Crippen molar-refractivity contribution in [2.75, 3.05) is 0 Å². The third-order valence-electron chi connectivity index (χ3n) is 4.13. The van der Waals surface area contributed by atoms with Crippen molar-refractivity contribution in [2.45, 2.75) is 26.2 Å². The molecule has 2 aromatic heterocycles. The summed E-state index contributed by atoms with van der Waals surface area (Å²) in [6.07, 6.45) is 3.07. The van der Waals surface area contributed by atoms with Crippen LogP contribution >= 0.6 is 23.6 Å². The van der Waals surface area contributed by atoms with Gasteiger partial charge in [-0.3, -0.25) is 4.79 Å². The Kier molecular flexibility index (Phi) is 2.99. The minimum atomic E-state index is -0.140. The molecule has 22 heavy (non-hydrogen) atoms. The normalized spacial score (nSPS) is 13.7. The fourth-order valence-electron chi connectivity index (χ4n) is 3.11. The van der Waals surface area contributed by atoms with E-state index in [-0.39, 0.29) is 11.3 Å². The number of aryl methyl sites for hydroxylation is 3. The van der Waals surface area contributed by atoms with E-state index in [1.165, 1.54) is 9.44 Å². The molecule has 0 fully saturated rings. The van der Waals surface area contributed by atoms with Gasteiger partial charge in [0, 0.05) is 4.88 Å². The third-order valence-corrected chi connectivity index (χ3v) is 5.63. The van der Waals surface area contributed by atoms with Gasteiger partial charge < -0.3 is 10.1 Å². The molecule has 0 radical (unpaired) electrons. The van der Waals surface area contributed by atoms with Crippen LogP contribution in [0.1, 0.15) is 22.4 Å². The number of aromatic hydroxyl groups is 1. The van der Waals surface area contributed by atoms with Crippen LogP contribution in [0.5, 0.6) is 5.75 Å². The van der Waals surface area contributed by atoms with Crippen LogP contribution < -0.4 is 5.56 Å². The summed E-state index contributed by atoms with van der Waals surface area (Å²) in [5, 5.41) is 10.9. The highest BCUT2D eigenvalue weighted by Crippen LogP contribution is 2.35. The summed E-state index contributed by atoms with van der Waals surface area (Å²) < 4.78 is 1.73. The molecule has 0 amide bonds. The van der Waals surface area contributed by atoms with Crippen LogP contribution in [0.25, 0.3) is 15.9 Å². The lowest BCUT2D eigenvalue weighted by Crippen LogP contribution is -2.20. The van der Waals surface area contributed by atoms with E-state index in [0.717, 1.165) is 40.6 Å². The Hall–Kier alpha value is -1.92. The van der Waals surface area contributed by atoms with Gasteiger partial charge in [0.25, 0.3) is 5.56 Å². The maximum absolute atomic E-state index is 13.0. The number of nitrogens with one attached hydrogen (secondary N) is 1. The van der Waals surface area contributed by atoms with E-state index in [1.54, 1.807) is 29.5 Å². The fourth-order valence-corrected chi connectivity index (χ4v) is 4.74. The van der Waals surface area contributed by atoms with Crippen LogP contribution in [-0.2, 0) is 12.8 Å². The van der Waals surface area contributed by atoms with Gasteiger partial charge >= 0.3 is 0 Å². The number of phenols is 1. The second-order valence-electron chi connectivity index (χ2n) is 5.62. The number of benzene rings is 1. The lowest BCUT2D eigenvalue weighted by atomic mass is 10.2. The molecule has 2 N–H and O–H groups in total. The van der Waals surface area contributed by atoms with E-state index >= 15 is 0 Å². The molecule has 6 heteroatoms. The summed E-state index contributed by atoms with van der Waals surface area (Å²) in [5.74, 6) is 0.0541. The van der Waals surface area contributed by atoms with Gasteiger partial charge in [0.2, 0.25) is 0 Å². The van der Waals surface area contributed by atoms with Gasteiger partial charge in [-0.25, -0.2) is 4.57 Å². The molecule has 3 aromatic rings. The summed E-state index contributed by atoms with van der Waals surface area (Å²) in [5.41, 5.74) is 2.41. The molecule has 2 heterocycles. The van der Waals surface area contributed by atoms with Crippen LogP contribution in [0.2, 0.25) is 0 Å². The molecule has 0 unspecified atom stereocenters. The average molecular weight is 330 g/mol. The van der Waals surface area contributed by atoms with E-state index in [1.807, 2.05) is 6.92 Å². The van der Waals surface area contributed by atoms with E-state index in [4.69, 9.17) is 12.2 Å². The van der Waals surface area contributed by atoms with E-state index in [9.17, 15) is 9.90 Å². The first kappa shape index (κ1) is 13.7. The van der Waals surface area contributed by atoms with Crippen LogP contribution in [0.3, 0.4) is 0 Å². The third kappa shape index (κ3) is 1.87. The molecule has 0 saturated heterocycles. The number of fused-ring (bicyclic) bond motifs is 3. The molecule has 4 rings (SSSR count). The first-order valence-corrected chi connectivity index (χ1v) is 8.38. The van der Waals surface area contributed by atoms with E-state index < -0.39 is 0 Å². The summed E-state index contributed by atoms with van der Waals surface area (Å²) in [6.45, 7) is 1.92. The number of aromatic nitrogens is 2. The van der Waals surface area contributed by atoms with Gasteiger partial charge in [0.1, 0.15) is 10.6 Å². The Balaban J connectivity index is 2.13. The Labute approximate surface area is 135 Å². The Morgan fingerprint density at radius 3 is 3.00 bits per heavy atom. The SMILES string of the molecule is Cc1ccc(O)c(-n2c(=S)[nH]c3sc4c(c3c2=O)CCC4)c1. The van der Waals surface area contributed by atoms with Gasteiger partial charge in [-0.2, -0.15) is 0 Å². The van der Waals surface area contributed by atoms with Gasteiger partial charge in [-0.1, -0.05) is 6.07 Å². The zero-order chi connectivity index (χ0) is 15.4. The molecule has 0 atom stereocenters. The van der Waals surface area contributed by atoms with Crippen molar-refractivity contribution >= 4 is 33.8 Å². The molecule has 0 bridgehead atoms. The van der Waals surface area contributed by atoms with Crippen molar-refractivity contribution in [3.05, 3.63) is 49.3 Å². The van der Waals surface area contributed by atoms with Crippen molar-refractivity contribution in [1.82, 2.24) is 9.55 Å². The predicted molar refractivity (Wildman–Crippen MR) is 91.0 cm³/mol.